The molecule has 4 atom stereocenters. The van der Waals surface area contributed by atoms with Crippen molar-refractivity contribution in [2.45, 2.75) is 68.2 Å². The Hall–Kier alpha value is -1.12. The van der Waals surface area contributed by atoms with Gasteiger partial charge in [0.25, 0.3) is 0 Å². The van der Waals surface area contributed by atoms with E-state index < -0.39 is 10.0 Å². The van der Waals surface area contributed by atoms with E-state index in [0.29, 0.717) is 33.0 Å². The molecule has 33 heavy (non-hydrogen) atoms. The van der Waals surface area contributed by atoms with Crippen LogP contribution in [0.5, 0.6) is 5.75 Å². The number of sulfonamides is 1. The number of fused-ring (bicyclic) bond motifs is 3. The number of hydrogen-bond donors (Lipinski definition) is 1. The van der Waals surface area contributed by atoms with Crippen molar-refractivity contribution in [1.82, 2.24) is 9.62 Å². The Bertz CT molecular complexity index is 1090. The number of hydrogen-bond acceptors (Lipinski definition) is 5. The van der Waals surface area contributed by atoms with E-state index in [9.17, 15) is 8.42 Å². The van der Waals surface area contributed by atoms with Crippen LogP contribution in [0.25, 0.3) is 0 Å². The largest absolute Gasteiger partial charge is 0.492 e. The van der Waals surface area contributed by atoms with Crippen molar-refractivity contribution < 1.29 is 13.2 Å². The maximum atomic E-state index is 13.0. The second-order valence-electron chi connectivity index (χ2n) is 9.87. The van der Waals surface area contributed by atoms with Crippen molar-refractivity contribution in [1.29, 1.82) is 0 Å². The van der Waals surface area contributed by atoms with Crippen LogP contribution in [-0.4, -0.2) is 45.1 Å². The molecular weight excluding hydrogens is 476 g/mol. The molecule has 1 aliphatic heterocycles. The molecule has 180 valence electrons. The molecule has 0 radical (unpaired) electrons. The van der Waals surface area contributed by atoms with Crippen molar-refractivity contribution in [3.05, 3.63) is 45.8 Å². The molecule has 2 aromatic rings. The number of ether oxygens (including phenoxy) is 1. The van der Waals surface area contributed by atoms with Gasteiger partial charge in [-0.3, -0.25) is 4.90 Å². The highest BCUT2D eigenvalue weighted by Crippen LogP contribution is 2.42. The van der Waals surface area contributed by atoms with E-state index in [0.717, 1.165) is 49.3 Å². The van der Waals surface area contributed by atoms with Crippen molar-refractivity contribution in [2.75, 3.05) is 19.7 Å². The van der Waals surface area contributed by atoms with Crippen LogP contribution in [-0.2, 0) is 22.9 Å². The summed E-state index contributed by atoms with van der Waals surface area (Å²) in [5.74, 6) is 1.57. The Morgan fingerprint density at radius 3 is 2.61 bits per heavy atom. The lowest BCUT2D eigenvalue weighted by atomic mass is 9.93. The zero-order valence-corrected chi connectivity index (χ0v) is 21.5. The fourth-order valence-electron chi connectivity index (χ4n) is 5.92. The number of likely N-dealkylation sites (tertiary alicyclic amines) is 1. The predicted molar refractivity (Wildman–Crippen MR) is 134 cm³/mol. The number of thiophene rings is 1. The maximum Gasteiger partial charge on any atom is 0.250 e. The lowest BCUT2D eigenvalue weighted by Gasteiger charge is -2.33. The van der Waals surface area contributed by atoms with Gasteiger partial charge in [0.15, 0.2) is 0 Å². The Morgan fingerprint density at radius 1 is 1.09 bits per heavy atom. The Labute approximate surface area is 206 Å². The van der Waals surface area contributed by atoms with E-state index in [-0.39, 0.29) is 6.04 Å². The summed E-state index contributed by atoms with van der Waals surface area (Å²) in [6.45, 7) is 5.17. The number of benzene rings is 1. The van der Waals surface area contributed by atoms with Crippen molar-refractivity contribution in [3.63, 3.8) is 0 Å². The minimum absolute atomic E-state index is 0.0340. The molecule has 1 N–H and O–H groups in total. The second-order valence-corrected chi connectivity index (χ2v) is 13.5. The van der Waals surface area contributed by atoms with Crippen LogP contribution in [0.1, 0.15) is 50.2 Å². The summed E-state index contributed by atoms with van der Waals surface area (Å²) in [7, 11) is -3.55. The summed E-state index contributed by atoms with van der Waals surface area (Å²) in [5, 5.41) is 0. The molecule has 2 heterocycles. The quantitative estimate of drug-likeness (QED) is 0.563. The molecule has 5 nitrogen and oxygen atoms in total. The first kappa shape index (κ1) is 23.6. The Kier molecular flexibility index (Phi) is 7.06. The molecule has 0 spiro atoms. The van der Waals surface area contributed by atoms with E-state index in [1.54, 1.807) is 12.1 Å². The molecule has 0 amide bonds. The average Bonchev–Trinajstić information content (AvgIpc) is 3.33. The number of nitrogens with zero attached hydrogens (tertiary/aromatic N) is 1. The molecule has 2 bridgehead atoms. The highest BCUT2D eigenvalue weighted by atomic mass is 35.5. The number of rotatable bonds is 7. The summed E-state index contributed by atoms with van der Waals surface area (Å²) in [4.78, 5) is 2.53. The monoisotopic (exact) mass is 508 g/mol. The highest BCUT2D eigenvalue weighted by molar-refractivity contribution is 7.91. The van der Waals surface area contributed by atoms with Crippen LogP contribution < -0.4 is 9.46 Å². The molecule has 4 unspecified atom stereocenters. The third-order valence-electron chi connectivity index (χ3n) is 7.76. The fraction of sp³-hybridized carbons (Fsp3) is 0.600. The standard InChI is InChI=1S/C25H33ClN2O3S2/c1-17-4-2-3-11-28(17)12-13-31-22-8-7-18-14-19-5-6-20(15-21(18)16-22)25(19)27-33(29,30)24-10-9-23(26)32-24/h7-10,16-17,19-20,25,27H,2-6,11-15H2,1H3. The maximum absolute atomic E-state index is 13.0. The summed E-state index contributed by atoms with van der Waals surface area (Å²) < 4.78 is 35.9. The molecule has 2 fully saturated rings. The van der Waals surface area contributed by atoms with Gasteiger partial charge in [-0.2, -0.15) is 0 Å². The Morgan fingerprint density at radius 2 is 1.88 bits per heavy atom. The van der Waals surface area contributed by atoms with Crippen molar-refractivity contribution in [3.8, 4) is 5.75 Å². The summed E-state index contributed by atoms with van der Waals surface area (Å²) in [6, 6.07) is 10.3. The number of nitrogens with one attached hydrogen (secondary N) is 1. The lowest BCUT2D eigenvalue weighted by molar-refractivity contribution is 0.133. The van der Waals surface area contributed by atoms with Gasteiger partial charge in [-0.05, 0) is 99.2 Å². The molecule has 2 aliphatic carbocycles. The van der Waals surface area contributed by atoms with Gasteiger partial charge in [0, 0.05) is 18.6 Å². The fourth-order valence-corrected chi connectivity index (χ4v) is 8.79. The molecule has 5 rings (SSSR count). The summed E-state index contributed by atoms with van der Waals surface area (Å²) in [6.07, 6.45) is 7.83. The molecule has 8 heteroatoms. The van der Waals surface area contributed by atoms with Gasteiger partial charge in [-0.15, -0.1) is 11.3 Å². The van der Waals surface area contributed by atoms with Gasteiger partial charge < -0.3 is 4.74 Å². The van der Waals surface area contributed by atoms with Gasteiger partial charge in [-0.25, -0.2) is 13.1 Å². The highest BCUT2D eigenvalue weighted by Gasteiger charge is 2.41. The van der Waals surface area contributed by atoms with Crippen molar-refractivity contribution in [2.24, 2.45) is 11.8 Å². The molecule has 3 aliphatic rings. The molecule has 1 saturated carbocycles. The van der Waals surface area contributed by atoms with Crippen LogP contribution >= 0.6 is 22.9 Å². The first-order valence-corrected chi connectivity index (χ1v) is 14.8. The van der Waals surface area contributed by atoms with Gasteiger partial charge in [0.2, 0.25) is 10.0 Å². The topological polar surface area (TPSA) is 58.6 Å². The van der Waals surface area contributed by atoms with Crippen LogP contribution in [0.2, 0.25) is 4.34 Å². The van der Waals surface area contributed by atoms with E-state index in [1.807, 2.05) is 0 Å². The zero-order chi connectivity index (χ0) is 23.0. The molecule has 1 saturated heterocycles. The number of piperidine rings is 1. The van der Waals surface area contributed by atoms with Crippen LogP contribution in [0.4, 0.5) is 0 Å². The summed E-state index contributed by atoms with van der Waals surface area (Å²) in [5.41, 5.74) is 2.65. The first-order valence-electron chi connectivity index (χ1n) is 12.2. The average molecular weight is 509 g/mol. The van der Waals surface area contributed by atoms with E-state index in [4.69, 9.17) is 16.3 Å². The third-order valence-corrected chi connectivity index (χ3v) is 10.9. The van der Waals surface area contributed by atoms with Crippen LogP contribution in [0.3, 0.4) is 0 Å². The normalized spacial score (nSPS) is 27.8. The summed E-state index contributed by atoms with van der Waals surface area (Å²) >= 11 is 7.09. The lowest BCUT2D eigenvalue weighted by Crippen LogP contribution is -2.41. The number of halogens is 1. The van der Waals surface area contributed by atoms with E-state index in [2.05, 4.69) is 34.7 Å². The van der Waals surface area contributed by atoms with Gasteiger partial charge in [-0.1, -0.05) is 24.1 Å². The second kappa shape index (κ2) is 9.86. The van der Waals surface area contributed by atoms with Gasteiger partial charge in [0.1, 0.15) is 16.6 Å². The first-order chi connectivity index (χ1) is 15.9. The molecular formula is C25H33ClN2O3S2. The zero-order valence-electron chi connectivity index (χ0n) is 19.1. The van der Waals surface area contributed by atoms with Crippen LogP contribution in [0.15, 0.2) is 34.5 Å². The Balaban J connectivity index is 1.24. The van der Waals surface area contributed by atoms with Crippen LogP contribution in [0, 0.1) is 11.8 Å². The minimum atomic E-state index is -3.55. The smallest absolute Gasteiger partial charge is 0.250 e. The third kappa shape index (κ3) is 5.27. The molecule has 1 aromatic heterocycles. The predicted octanol–water partition coefficient (Wildman–Crippen LogP) is 5.13. The van der Waals surface area contributed by atoms with E-state index in [1.165, 1.54) is 36.9 Å². The van der Waals surface area contributed by atoms with Gasteiger partial charge >= 0.3 is 0 Å². The minimum Gasteiger partial charge on any atom is -0.492 e. The SMILES string of the molecule is CC1CCCCN1CCOc1ccc2c(c1)CC1CCC(C2)C1NS(=O)(=O)c1ccc(Cl)s1. The van der Waals surface area contributed by atoms with Gasteiger partial charge in [0.05, 0.1) is 4.34 Å². The molecule has 1 aromatic carbocycles. The van der Waals surface area contributed by atoms with Crippen molar-refractivity contribution >= 4 is 33.0 Å². The van der Waals surface area contributed by atoms with E-state index >= 15 is 0 Å².